The average molecular weight is 485 g/mol. The zero-order chi connectivity index (χ0) is 26.0. The number of ketones is 1. The summed E-state index contributed by atoms with van der Waals surface area (Å²) in [6, 6.07) is 19.6. The van der Waals surface area contributed by atoms with Gasteiger partial charge in [-0.05, 0) is 79.4 Å². The summed E-state index contributed by atoms with van der Waals surface area (Å²) in [5.41, 5.74) is 4.66. The summed E-state index contributed by atoms with van der Waals surface area (Å²) in [7, 11) is 3.88. The van der Waals surface area contributed by atoms with Gasteiger partial charge < -0.3 is 14.7 Å². The molecule has 186 valence electrons. The molecular weight excluding hydrogens is 452 g/mol. The molecule has 1 fully saturated rings. The van der Waals surface area contributed by atoms with E-state index in [-0.39, 0.29) is 11.3 Å². The molecule has 3 aromatic carbocycles. The summed E-state index contributed by atoms with van der Waals surface area (Å²) in [4.78, 5) is 30.3. The zero-order valence-corrected chi connectivity index (χ0v) is 21.4. The van der Waals surface area contributed by atoms with Crippen LogP contribution in [0.4, 0.5) is 11.4 Å². The number of aliphatic hydroxyl groups is 1. The van der Waals surface area contributed by atoms with Crippen LogP contribution in [0.5, 0.6) is 5.75 Å². The number of amides is 1. The van der Waals surface area contributed by atoms with Gasteiger partial charge in [-0.3, -0.25) is 14.5 Å². The summed E-state index contributed by atoms with van der Waals surface area (Å²) in [6.07, 6.45) is 0.885. The predicted molar refractivity (Wildman–Crippen MR) is 144 cm³/mol. The van der Waals surface area contributed by atoms with E-state index < -0.39 is 17.7 Å². The second-order valence-electron chi connectivity index (χ2n) is 9.27. The van der Waals surface area contributed by atoms with E-state index >= 15 is 0 Å². The van der Waals surface area contributed by atoms with Crippen LogP contribution in [0.25, 0.3) is 5.76 Å². The topological polar surface area (TPSA) is 70.1 Å². The van der Waals surface area contributed by atoms with Crippen LogP contribution in [0.15, 0.2) is 72.3 Å². The number of rotatable bonds is 7. The number of nitrogens with zero attached hydrogens (tertiary/aromatic N) is 2. The highest BCUT2D eigenvalue weighted by molar-refractivity contribution is 6.51. The number of hydrogen-bond acceptors (Lipinski definition) is 5. The van der Waals surface area contributed by atoms with Gasteiger partial charge in [0, 0.05) is 31.0 Å². The van der Waals surface area contributed by atoms with Crippen LogP contribution in [0, 0.1) is 13.8 Å². The van der Waals surface area contributed by atoms with E-state index in [1.807, 2.05) is 88.3 Å². The number of ether oxygens (including phenoxy) is 1. The van der Waals surface area contributed by atoms with Crippen molar-refractivity contribution in [3.63, 3.8) is 0 Å². The Balaban J connectivity index is 1.87. The summed E-state index contributed by atoms with van der Waals surface area (Å²) in [6.45, 7) is 6.46. The van der Waals surface area contributed by atoms with Crippen molar-refractivity contribution in [1.82, 2.24) is 0 Å². The minimum atomic E-state index is -0.757. The maximum absolute atomic E-state index is 13.4. The lowest BCUT2D eigenvalue weighted by Crippen LogP contribution is -2.29. The lowest BCUT2D eigenvalue weighted by Gasteiger charge is -2.27. The number of hydrogen-bond donors (Lipinski definition) is 1. The van der Waals surface area contributed by atoms with Crippen LogP contribution in [0.3, 0.4) is 0 Å². The van der Waals surface area contributed by atoms with Crippen LogP contribution in [0.1, 0.15) is 41.6 Å². The second kappa shape index (κ2) is 10.3. The second-order valence-corrected chi connectivity index (χ2v) is 9.27. The standard InChI is InChI=1S/C30H32N2O4/c1-6-17-36-25-16-11-21(18-20(25)3)28(33)26-27(24-10-8-7-9-19(24)2)32(30(35)29(26)34)23-14-12-22(13-15-23)31(4)5/h7-16,18,27,33H,6,17H2,1-5H3/b28-26+. The van der Waals surface area contributed by atoms with E-state index in [1.165, 1.54) is 4.90 Å². The Labute approximate surface area is 212 Å². The smallest absolute Gasteiger partial charge is 0.300 e. The van der Waals surface area contributed by atoms with Crippen molar-refractivity contribution in [3.8, 4) is 5.75 Å². The highest BCUT2D eigenvalue weighted by Gasteiger charge is 2.47. The molecule has 6 nitrogen and oxygen atoms in total. The van der Waals surface area contributed by atoms with Crippen molar-refractivity contribution >= 4 is 28.8 Å². The van der Waals surface area contributed by atoms with Crippen LogP contribution in [-0.4, -0.2) is 37.5 Å². The van der Waals surface area contributed by atoms with Crippen molar-refractivity contribution in [2.24, 2.45) is 0 Å². The van der Waals surface area contributed by atoms with E-state index in [0.717, 1.165) is 34.5 Å². The molecule has 6 heteroatoms. The quantitative estimate of drug-likeness (QED) is 0.261. The van der Waals surface area contributed by atoms with Gasteiger partial charge in [0.1, 0.15) is 11.5 Å². The van der Waals surface area contributed by atoms with Gasteiger partial charge in [-0.25, -0.2) is 0 Å². The number of aryl methyl sites for hydroxylation is 2. The fourth-order valence-electron chi connectivity index (χ4n) is 4.52. The fourth-order valence-corrected chi connectivity index (χ4v) is 4.52. The minimum Gasteiger partial charge on any atom is -0.507 e. The maximum atomic E-state index is 13.4. The van der Waals surface area contributed by atoms with Crippen LogP contribution < -0.4 is 14.5 Å². The van der Waals surface area contributed by atoms with Gasteiger partial charge in [0.15, 0.2) is 0 Å². The van der Waals surface area contributed by atoms with E-state index in [4.69, 9.17) is 4.74 Å². The molecule has 0 saturated carbocycles. The van der Waals surface area contributed by atoms with Crippen molar-refractivity contribution in [3.05, 3.63) is 94.6 Å². The number of carbonyl (C=O) groups is 2. The Morgan fingerprint density at radius 2 is 1.67 bits per heavy atom. The Kier molecular flexibility index (Phi) is 7.15. The molecule has 1 amide bonds. The maximum Gasteiger partial charge on any atom is 0.300 e. The summed E-state index contributed by atoms with van der Waals surface area (Å²) in [5, 5.41) is 11.4. The van der Waals surface area contributed by atoms with Gasteiger partial charge >= 0.3 is 0 Å². The summed E-state index contributed by atoms with van der Waals surface area (Å²) >= 11 is 0. The number of carbonyl (C=O) groups excluding carboxylic acids is 2. The molecule has 1 N–H and O–H groups in total. The normalized spacial score (nSPS) is 16.9. The Morgan fingerprint density at radius 3 is 2.28 bits per heavy atom. The molecule has 4 rings (SSSR count). The monoisotopic (exact) mass is 484 g/mol. The number of benzene rings is 3. The Bertz CT molecular complexity index is 1330. The molecule has 0 aliphatic carbocycles. The molecule has 1 heterocycles. The van der Waals surface area contributed by atoms with Gasteiger partial charge in [-0.2, -0.15) is 0 Å². The summed E-state index contributed by atoms with van der Waals surface area (Å²) < 4.78 is 5.76. The van der Waals surface area contributed by atoms with Crippen LogP contribution in [0.2, 0.25) is 0 Å². The third-order valence-electron chi connectivity index (χ3n) is 6.48. The first-order chi connectivity index (χ1) is 17.2. The van der Waals surface area contributed by atoms with Gasteiger partial charge in [0.2, 0.25) is 0 Å². The van der Waals surface area contributed by atoms with Gasteiger partial charge in [-0.15, -0.1) is 0 Å². The van der Waals surface area contributed by atoms with Gasteiger partial charge in [0.05, 0.1) is 18.2 Å². The molecule has 1 aliphatic heterocycles. The van der Waals surface area contributed by atoms with E-state index in [2.05, 4.69) is 0 Å². The molecule has 0 bridgehead atoms. The molecule has 0 radical (unpaired) electrons. The summed E-state index contributed by atoms with van der Waals surface area (Å²) in [5.74, 6) is -0.840. The van der Waals surface area contributed by atoms with E-state index in [0.29, 0.717) is 17.9 Å². The molecule has 1 atom stereocenters. The lowest BCUT2D eigenvalue weighted by atomic mass is 9.92. The van der Waals surface area contributed by atoms with E-state index in [1.54, 1.807) is 18.2 Å². The Morgan fingerprint density at radius 1 is 0.972 bits per heavy atom. The average Bonchev–Trinajstić information content (AvgIpc) is 3.13. The highest BCUT2D eigenvalue weighted by atomic mass is 16.5. The minimum absolute atomic E-state index is 0.0765. The van der Waals surface area contributed by atoms with Crippen LogP contribution in [-0.2, 0) is 9.59 Å². The molecule has 36 heavy (non-hydrogen) atoms. The van der Waals surface area contributed by atoms with Crippen LogP contribution >= 0.6 is 0 Å². The van der Waals surface area contributed by atoms with Crippen molar-refractivity contribution in [2.75, 3.05) is 30.5 Å². The van der Waals surface area contributed by atoms with Gasteiger partial charge in [0.25, 0.3) is 11.7 Å². The Hall–Kier alpha value is -4.06. The molecule has 1 unspecified atom stereocenters. The first-order valence-corrected chi connectivity index (χ1v) is 12.1. The third kappa shape index (κ3) is 4.59. The molecule has 1 saturated heterocycles. The predicted octanol–water partition coefficient (Wildman–Crippen LogP) is 5.78. The zero-order valence-electron chi connectivity index (χ0n) is 21.4. The van der Waals surface area contributed by atoms with Crippen molar-refractivity contribution in [2.45, 2.75) is 33.2 Å². The third-order valence-corrected chi connectivity index (χ3v) is 6.48. The first kappa shape index (κ1) is 25.0. The largest absolute Gasteiger partial charge is 0.507 e. The molecule has 1 aliphatic rings. The van der Waals surface area contributed by atoms with Gasteiger partial charge in [-0.1, -0.05) is 31.2 Å². The van der Waals surface area contributed by atoms with E-state index in [9.17, 15) is 14.7 Å². The molecule has 0 aromatic heterocycles. The highest BCUT2D eigenvalue weighted by Crippen LogP contribution is 2.43. The van der Waals surface area contributed by atoms with Crippen molar-refractivity contribution in [1.29, 1.82) is 0 Å². The molecule has 3 aromatic rings. The number of aliphatic hydroxyl groups excluding tert-OH is 1. The first-order valence-electron chi connectivity index (χ1n) is 12.1. The van der Waals surface area contributed by atoms with Crippen molar-refractivity contribution < 1.29 is 19.4 Å². The number of anilines is 2. The lowest BCUT2D eigenvalue weighted by molar-refractivity contribution is -0.132. The SMILES string of the molecule is CCCOc1ccc(/C(O)=C2\C(=O)C(=O)N(c3ccc(N(C)C)cc3)C2c2ccccc2C)cc1C. The molecular formula is C30H32N2O4. The number of Topliss-reactive ketones (excluding diaryl/α,β-unsaturated/α-hetero) is 1. The molecule has 0 spiro atoms. The fraction of sp³-hybridized carbons (Fsp3) is 0.267.